The molecule has 0 saturated carbocycles. The average molecular weight is 338 g/mol. The zero-order valence-corrected chi connectivity index (χ0v) is 15.1. The molecular formula is C21H26N2O2. The summed E-state index contributed by atoms with van der Waals surface area (Å²) in [7, 11) is 1.50. The Bertz CT molecular complexity index is 758. The van der Waals surface area contributed by atoms with Gasteiger partial charge in [-0.25, -0.2) is 4.79 Å². The number of ether oxygens (including phenoxy) is 1. The van der Waals surface area contributed by atoms with E-state index in [1.807, 2.05) is 0 Å². The molecule has 4 atom stereocenters. The Morgan fingerprint density at radius 3 is 2.96 bits per heavy atom. The summed E-state index contributed by atoms with van der Waals surface area (Å²) in [6.45, 7) is 4.66. The molecule has 0 spiro atoms. The molecular weight excluding hydrogens is 312 g/mol. The number of piperidine rings is 2. The number of carbonyl (C=O) groups is 1. The Kier molecular flexibility index (Phi) is 3.30. The Balaban J connectivity index is 1.75. The molecule has 0 amide bonds. The van der Waals surface area contributed by atoms with Crippen molar-refractivity contribution in [2.45, 2.75) is 50.6 Å². The van der Waals surface area contributed by atoms with Gasteiger partial charge in [-0.15, -0.1) is 0 Å². The maximum atomic E-state index is 12.7. The number of methoxy groups -OCH3 is 1. The number of hydrogen-bond donors (Lipinski definition) is 0. The van der Waals surface area contributed by atoms with Crippen molar-refractivity contribution in [2.24, 2.45) is 5.41 Å². The minimum absolute atomic E-state index is 0.101. The van der Waals surface area contributed by atoms with E-state index in [2.05, 4.69) is 47.1 Å². The molecule has 2 saturated heterocycles. The quantitative estimate of drug-likeness (QED) is 0.775. The first-order valence-corrected chi connectivity index (χ1v) is 9.63. The van der Waals surface area contributed by atoms with E-state index in [1.165, 1.54) is 50.7 Å². The lowest BCUT2D eigenvalue weighted by molar-refractivity contribution is -0.136. The molecule has 0 N–H and O–H groups in total. The van der Waals surface area contributed by atoms with Crippen LogP contribution in [0.4, 0.5) is 5.69 Å². The van der Waals surface area contributed by atoms with E-state index >= 15 is 0 Å². The SMILES string of the molecule is CC[C@]12C=C(C(=O)OC)N3c4ccccc4[C@@H]4CCN(CCC1)[C@@H]2[C@H]43. The summed E-state index contributed by atoms with van der Waals surface area (Å²) in [6.07, 6.45) is 6.94. The Morgan fingerprint density at radius 2 is 2.16 bits per heavy atom. The number of rotatable bonds is 2. The van der Waals surface area contributed by atoms with Gasteiger partial charge in [0, 0.05) is 23.1 Å². The van der Waals surface area contributed by atoms with Gasteiger partial charge >= 0.3 is 5.97 Å². The normalized spacial score (nSPS) is 35.7. The molecule has 4 aliphatic rings. The van der Waals surface area contributed by atoms with Crippen LogP contribution in [-0.2, 0) is 9.53 Å². The zero-order chi connectivity index (χ0) is 17.2. The number of benzene rings is 1. The Hall–Kier alpha value is -1.81. The van der Waals surface area contributed by atoms with E-state index in [1.54, 1.807) is 0 Å². The third kappa shape index (κ3) is 1.89. The molecule has 0 unspecified atom stereocenters. The van der Waals surface area contributed by atoms with Crippen LogP contribution >= 0.6 is 0 Å². The first-order valence-electron chi connectivity index (χ1n) is 9.63. The predicted molar refractivity (Wildman–Crippen MR) is 97.5 cm³/mol. The molecule has 2 fully saturated rings. The second-order valence-corrected chi connectivity index (χ2v) is 8.01. The van der Waals surface area contributed by atoms with Crippen LogP contribution in [0, 0.1) is 5.41 Å². The third-order valence-corrected chi connectivity index (χ3v) is 7.16. The van der Waals surface area contributed by atoms with E-state index in [-0.39, 0.29) is 11.4 Å². The maximum Gasteiger partial charge on any atom is 0.354 e. The van der Waals surface area contributed by atoms with Crippen LogP contribution in [0.1, 0.15) is 44.1 Å². The third-order valence-electron chi connectivity index (χ3n) is 7.16. The highest BCUT2D eigenvalue weighted by Gasteiger charge is 2.59. The van der Waals surface area contributed by atoms with E-state index < -0.39 is 0 Å². The van der Waals surface area contributed by atoms with Gasteiger partial charge < -0.3 is 9.64 Å². The van der Waals surface area contributed by atoms with Crippen LogP contribution in [0.25, 0.3) is 0 Å². The number of hydrogen-bond acceptors (Lipinski definition) is 4. The van der Waals surface area contributed by atoms with Gasteiger partial charge in [0.15, 0.2) is 0 Å². The topological polar surface area (TPSA) is 32.8 Å². The lowest BCUT2D eigenvalue weighted by Crippen LogP contribution is -2.67. The summed E-state index contributed by atoms with van der Waals surface area (Å²) in [5.74, 6) is 0.333. The molecule has 25 heavy (non-hydrogen) atoms. The van der Waals surface area contributed by atoms with E-state index in [0.29, 0.717) is 18.0 Å². The maximum absolute atomic E-state index is 12.7. The fraction of sp³-hybridized carbons (Fsp3) is 0.571. The molecule has 132 valence electrons. The molecule has 1 aromatic carbocycles. The van der Waals surface area contributed by atoms with E-state index in [0.717, 1.165) is 12.1 Å². The monoisotopic (exact) mass is 338 g/mol. The highest BCUT2D eigenvalue weighted by Crippen LogP contribution is 2.58. The van der Waals surface area contributed by atoms with Gasteiger partial charge in [0.1, 0.15) is 5.70 Å². The van der Waals surface area contributed by atoms with Crippen molar-refractivity contribution in [3.63, 3.8) is 0 Å². The van der Waals surface area contributed by atoms with Gasteiger partial charge in [0.2, 0.25) is 0 Å². The number of anilines is 1. The number of esters is 1. The Morgan fingerprint density at radius 1 is 1.32 bits per heavy atom. The van der Waals surface area contributed by atoms with Crippen molar-refractivity contribution in [3.05, 3.63) is 41.6 Å². The molecule has 4 heteroatoms. The lowest BCUT2D eigenvalue weighted by Gasteiger charge is -2.59. The first-order chi connectivity index (χ1) is 12.2. The summed E-state index contributed by atoms with van der Waals surface area (Å²) in [6, 6.07) is 9.54. The van der Waals surface area contributed by atoms with Gasteiger partial charge in [-0.1, -0.05) is 25.1 Å². The fourth-order valence-corrected chi connectivity index (χ4v) is 6.15. The molecule has 4 aliphatic heterocycles. The smallest absolute Gasteiger partial charge is 0.354 e. The molecule has 1 aromatic rings. The summed E-state index contributed by atoms with van der Waals surface area (Å²) < 4.78 is 5.20. The number of fused-ring (bicyclic) bond motifs is 3. The zero-order valence-electron chi connectivity index (χ0n) is 15.1. The molecule has 4 heterocycles. The molecule has 4 nitrogen and oxygen atoms in total. The molecule has 0 radical (unpaired) electrons. The van der Waals surface area contributed by atoms with Gasteiger partial charge in [-0.2, -0.15) is 0 Å². The summed E-state index contributed by atoms with van der Waals surface area (Å²) in [5, 5.41) is 0. The summed E-state index contributed by atoms with van der Waals surface area (Å²) in [4.78, 5) is 17.7. The minimum atomic E-state index is -0.190. The van der Waals surface area contributed by atoms with Crippen LogP contribution < -0.4 is 4.90 Å². The molecule has 0 bridgehead atoms. The van der Waals surface area contributed by atoms with E-state index in [4.69, 9.17) is 4.74 Å². The standard InChI is InChI=1S/C21H26N2O2/c1-3-21-10-6-11-22-12-9-15-14-7-4-5-8-16(14)23(18(15)19(21)22)17(13-21)20(24)25-2/h4-5,7-8,13,15,18-19H,3,6,9-12H2,1-2H3/t15-,18-,19+,21+/m0/s1. The van der Waals surface area contributed by atoms with Crippen molar-refractivity contribution in [2.75, 3.05) is 25.1 Å². The molecule has 5 rings (SSSR count). The van der Waals surface area contributed by atoms with Gasteiger partial charge in [-0.05, 0) is 56.5 Å². The number of carbonyl (C=O) groups excluding carboxylic acids is 1. The molecule has 0 aliphatic carbocycles. The van der Waals surface area contributed by atoms with E-state index in [9.17, 15) is 4.79 Å². The second-order valence-electron chi connectivity index (χ2n) is 8.01. The Labute approximate surface area is 149 Å². The largest absolute Gasteiger partial charge is 0.464 e. The molecule has 0 aromatic heterocycles. The average Bonchev–Trinajstić information content (AvgIpc) is 3.01. The predicted octanol–water partition coefficient (Wildman–Crippen LogP) is 3.29. The number of para-hydroxylation sites is 1. The first kappa shape index (κ1) is 15.4. The van der Waals surface area contributed by atoms with Crippen molar-refractivity contribution in [1.82, 2.24) is 4.90 Å². The summed E-state index contributed by atoms with van der Waals surface area (Å²) >= 11 is 0. The van der Waals surface area contributed by atoms with Crippen molar-refractivity contribution in [1.29, 1.82) is 0 Å². The van der Waals surface area contributed by atoms with Crippen molar-refractivity contribution >= 4 is 11.7 Å². The van der Waals surface area contributed by atoms with Crippen LogP contribution in [0.2, 0.25) is 0 Å². The van der Waals surface area contributed by atoms with Crippen molar-refractivity contribution < 1.29 is 9.53 Å². The van der Waals surface area contributed by atoms with Crippen LogP contribution in [0.3, 0.4) is 0 Å². The second kappa shape index (κ2) is 5.34. The number of nitrogens with zero attached hydrogens (tertiary/aromatic N) is 2. The lowest BCUT2D eigenvalue weighted by atomic mass is 9.62. The van der Waals surface area contributed by atoms with Gasteiger partial charge in [0.05, 0.1) is 13.2 Å². The highest BCUT2D eigenvalue weighted by atomic mass is 16.5. The van der Waals surface area contributed by atoms with Gasteiger partial charge in [-0.3, -0.25) is 4.90 Å². The van der Waals surface area contributed by atoms with Crippen molar-refractivity contribution in [3.8, 4) is 0 Å². The van der Waals surface area contributed by atoms with Crippen LogP contribution in [0.15, 0.2) is 36.0 Å². The van der Waals surface area contributed by atoms with Gasteiger partial charge in [0.25, 0.3) is 0 Å². The minimum Gasteiger partial charge on any atom is -0.464 e. The summed E-state index contributed by atoms with van der Waals surface area (Å²) in [5.41, 5.74) is 3.50. The highest BCUT2D eigenvalue weighted by molar-refractivity contribution is 5.95. The van der Waals surface area contributed by atoms with Crippen LogP contribution in [0.5, 0.6) is 0 Å². The fourth-order valence-electron chi connectivity index (χ4n) is 6.15. The van der Waals surface area contributed by atoms with Crippen LogP contribution in [-0.4, -0.2) is 43.2 Å².